The number of nitrogens with zero attached hydrogens (tertiary/aromatic N) is 7. The Morgan fingerprint density at radius 2 is 0.789 bits per heavy atom. The van der Waals surface area contributed by atoms with Crippen LogP contribution >= 0.6 is 69.0 Å². The highest BCUT2D eigenvalue weighted by atomic mass is 127. The number of sulfone groups is 3. The second kappa shape index (κ2) is 38.0. The highest BCUT2D eigenvalue weighted by Gasteiger charge is 2.25. The molecule has 25 nitrogen and oxygen atoms in total. The summed E-state index contributed by atoms with van der Waals surface area (Å²) in [5.41, 5.74) is 14.8. The quantitative estimate of drug-likeness (QED) is 0.0364. The number of pyridine rings is 5. The zero-order valence-electron chi connectivity index (χ0n) is 60.9. The number of hydrogen-bond acceptors (Lipinski definition) is 19. The molecule has 1 aliphatic heterocycles. The van der Waals surface area contributed by atoms with Gasteiger partial charge < -0.3 is 32.3 Å². The third kappa shape index (κ3) is 22.9. The Balaban J connectivity index is 0.000000161. The predicted octanol–water partition coefficient (Wildman–Crippen LogP) is 15.6. The van der Waals surface area contributed by atoms with E-state index < -0.39 is 47.2 Å². The van der Waals surface area contributed by atoms with Crippen molar-refractivity contribution in [3.8, 4) is 45.0 Å². The van der Waals surface area contributed by atoms with E-state index in [1.165, 1.54) is 67.7 Å². The van der Waals surface area contributed by atoms with Crippen LogP contribution in [0.2, 0.25) is 20.1 Å². The summed E-state index contributed by atoms with van der Waals surface area (Å²) in [6.45, 7) is 2.99. The topological polar surface area (TPSA) is 362 Å². The lowest BCUT2D eigenvalue weighted by atomic mass is 10.1. The minimum absolute atomic E-state index is 0.00309. The molecule has 582 valence electrons. The van der Waals surface area contributed by atoms with E-state index in [-0.39, 0.29) is 54.9 Å². The summed E-state index contributed by atoms with van der Waals surface area (Å²) in [6.07, 6.45) is 11.4. The van der Waals surface area contributed by atoms with Gasteiger partial charge in [-0.1, -0.05) is 70.7 Å². The van der Waals surface area contributed by atoms with E-state index in [4.69, 9.17) is 52.1 Å². The monoisotopic (exact) mass is 1780 g/mol. The fourth-order valence-electron chi connectivity index (χ4n) is 10.9. The SMILES string of the molecule is CC(=O)Nc1cc(S(C)(=O)=O)ccc1C(=O)Nc1ccc(Cl)c(-c2ccccn2)c1.CN1CCN(c2ccc(C(=O)Nc3ccc(Cl)c(-c4ccccn4)c3)cn2)C(=O)C1.CS(=O)(=O)c1ccc(C(=O)Nc2ccc(Cl)c(-c3ccccn3)c2)c(I)c1.CS(=O)(=O)c1ccc(C(=O)Nc2ccc(Cl)c(-c3ccccn3)c2)c(N)c1. The molecule has 7 aromatic carbocycles. The van der Waals surface area contributed by atoms with Crippen molar-refractivity contribution < 1.29 is 54.0 Å². The Hall–Kier alpha value is -11.4. The molecule has 1 aliphatic rings. The number of carbonyl (C=O) groups excluding carboxylic acids is 6. The van der Waals surface area contributed by atoms with E-state index in [1.807, 2.05) is 89.1 Å². The first-order valence-corrected chi connectivity index (χ1v) is 42.2. The number of anilines is 7. The molecule has 12 aromatic rings. The average Bonchev–Trinajstić information content (AvgIpc) is 0.816. The van der Waals surface area contributed by atoms with E-state index in [9.17, 15) is 54.0 Å². The van der Waals surface area contributed by atoms with Crippen LogP contribution in [0.15, 0.2) is 258 Å². The number of amides is 6. The van der Waals surface area contributed by atoms with Gasteiger partial charge in [0.25, 0.3) is 23.6 Å². The highest BCUT2D eigenvalue weighted by Crippen LogP contribution is 2.35. The van der Waals surface area contributed by atoms with E-state index in [2.05, 4.69) is 51.5 Å². The molecule has 0 atom stereocenters. The molecule has 0 unspecified atom stereocenters. The zero-order valence-corrected chi connectivity index (χ0v) is 68.6. The van der Waals surface area contributed by atoms with Gasteiger partial charge in [-0.05, 0) is 218 Å². The van der Waals surface area contributed by atoms with Gasteiger partial charge in [0.2, 0.25) is 11.8 Å². The summed E-state index contributed by atoms with van der Waals surface area (Å²) < 4.78 is 70.6. The summed E-state index contributed by atoms with van der Waals surface area (Å²) >= 11 is 27.0. The maximum Gasteiger partial charge on any atom is 0.257 e. The number of halogens is 5. The number of hydrogen-bond donors (Lipinski definition) is 6. The highest BCUT2D eigenvalue weighted by molar-refractivity contribution is 14.1. The minimum atomic E-state index is -3.51. The fraction of sp³-hybridized carbons (Fsp3) is 0.0988. The predicted molar refractivity (Wildman–Crippen MR) is 455 cm³/mol. The summed E-state index contributed by atoms with van der Waals surface area (Å²) in [5.74, 6) is -1.50. The molecule has 0 saturated carbocycles. The molecule has 1 saturated heterocycles. The molecular weight excluding hydrogens is 1710 g/mol. The molecule has 0 radical (unpaired) electrons. The van der Waals surface area contributed by atoms with E-state index in [0.717, 1.165) is 36.6 Å². The normalized spacial score (nSPS) is 12.1. The Morgan fingerprint density at radius 1 is 0.421 bits per heavy atom. The molecule has 6 amide bonds. The molecule has 13 rings (SSSR count). The van der Waals surface area contributed by atoms with Gasteiger partial charge in [0.15, 0.2) is 29.5 Å². The lowest BCUT2D eigenvalue weighted by molar-refractivity contribution is -0.121. The van der Waals surface area contributed by atoms with Gasteiger partial charge in [0.1, 0.15) is 5.82 Å². The third-order valence-corrected chi connectivity index (χ3v) is 22.2. The van der Waals surface area contributed by atoms with Crippen molar-refractivity contribution in [1.82, 2.24) is 29.8 Å². The number of piperazine rings is 1. The van der Waals surface area contributed by atoms with Crippen LogP contribution in [0, 0.1) is 3.57 Å². The maximum atomic E-state index is 12.8. The van der Waals surface area contributed by atoms with Crippen LogP contribution in [-0.4, -0.2) is 136 Å². The van der Waals surface area contributed by atoms with Crippen molar-refractivity contribution in [3.63, 3.8) is 0 Å². The van der Waals surface area contributed by atoms with Crippen LogP contribution in [0.25, 0.3) is 45.0 Å². The number of nitrogens with two attached hydrogens (primary N) is 1. The lowest BCUT2D eigenvalue weighted by Crippen LogP contribution is -2.49. The van der Waals surface area contributed by atoms with Gasteiger partial charge in [-0.15, -0.1) is 0 Å². The van der Waals surface area contributed by atoms with Crippen LogP contribution in [0.3, 0.4) is 0 Å². The van der Waals surface area contributed by atoms with Crippen molar-refractivity contribution in [2.24, 2.45) is 0 Å². The van der Waals surface area contributed by atoms with E-state index in [1.54, 1.807) is 133 Å². The Labute approximate surface area is 690 Å². The first-order chi connectivity index (χ1) is 54.2. The molecule has 33 heteroatoms. The van der Waals surface area contributed by atoms with Crippen molar-refractivity contribution in [2.75, 3.05) is 82.7 Å². The van der Waals surface area contributed by atoms with Gasteiger partial charge in [0.05, 0.1) is 92.0 Å². The molecule has 1 fully saturated rings. The Morgan fingerprint density at radius 3 is 1.14 bits per heavy atom. The van der Waals surface area contributed by atoms with Crippen LogP contribution < -0.4 is 37.2 Å². The molecule has 0 spiro atoms. The van der Waals surface area contributed by atoms with Gasteiger partial charge in [-0.25, -0.2) is 30.2 Å². The number of likely N-dealkylation sites (N-methyl/N-ethyl adjacent to an activating group) is 1. The lowest BCUT2D eigenvalue weighted by Gasteiger charge is -2.31. The average molecular weight is 1780 g/mol. The van der Waals surface area contributed by atoms with Crippen LogP contribution in [-0.2, 0) is 39.1 Å². The number of nitrogens with one attached hydrogen (secondary N) is 5. The second-order valence-corrected chi connectivity index (χ2v) is 34.1. The standard InChI is InChI=1S/C22H20ClN5O2.C21H18ClN3O4S.C19H14ClIN2O3S.C19H16ClN3O3S/c1-27-10-11-28(21(29)14-27)20-8-5-15(13-25-20)22(30)26-16-6-7-18(23)17(12-16)19-4-2-3-9-24-19;1-13(26)24-20-12-15(30(2,28)29)7-8-16(20)21(27)25-14-6-9-18(22)17(11-14)19-5-3-4-10-23-19;2*1-27(25,26)13-6-7-14(17(21)11-13)19(24)23-12-5-8-16(20)15(10-12)18-4-2-3-9-22-18/h2-9,12-13H,10-11,14H2,1H3,(H,26,30);3-12H,1-2H3,(H,24,26)(H,25,27);2-11H,1H3,(H,23,24);2-11H,21H2,1H3,(H,23,24). The van der Waals surface area contributed by atoms with E-state index in [0.29, 0.717) is 110 Å². The summed E-state index contributed by atoms with van der Waals surface area (Å²) in [7, 11) is -8.33. The molecule has 0 aliphatic carbocycles. The van der Waals surface area contributed by atoms with E-state index >= 15 is 0 Å². The Kier molecular flexibility index (Phi) is 28.3. The van der Waals surface area contributed by atoms with Crippen molar-refractivity contribution in [1.29, 1.82) is 0 Å². The number of benzene rings is 7. The summed E-state index contributed by atoms with van der Waals surface area (Å²) in [6, 6.07) is 58.0. The van der Waals surface area contributed by atoms with Crippen molar-refractivity contribution >= 4 is 174 Å². The number of aromatic nitrogens is 5. The van der Waals surface area contributed by atoms with Crippen LogP contribution in [0.4, 0.5) is 39.9 Å². The van der Waals surface area contributed by atoms with Gasteiger partial charge in [-0.3, -0.25) is 58.5 Å². The van der Waals surface area contributed by atoms with Crippen LogP contribution in [0.1, 0.15) is 48.4 Å². The third-order valence-electron chi connectivity index (χ3n) is 16.6. The second-order valence-electron chi connectivity index (χ2n) is 25.2. The molecule has 114 heavy (non-hydrogen) atoms. The number of carbonyl (C=O) groups is 6. The first-order valence-electron chi connectivity index (χ1n) is 33.9. The fourth-order valence-corrected chi connectivity index (χ4v) is 14.7. The number of nitrogen functional groups attached to an aromatic ring is 1. The molecule has 7 N–H and O–H groups in total. The largest absolute Gasteiger partial charge is 0.398 e. The van der Waals surface area contributed by atoms with Crippen molar-refractivity contribution in [2.45, 2.75) is 21.6 Å². The van der Waals surface area contributed by atoms with Gasteiger partial charge in [-0.2, -0.15) is 0 Å². The summed E-state index contributed by atoms with van der Waals surface area (Å²) in [5, 5.41) is 15.7. The smallest absolute Gasteiger partial charge is 0.257 e. The minimum Gasteiger partial charge on any atom is -0.398 e. The molecule has 0 bridgehead atoms. The molecular formula is C81H68Cl4IN13O12S3. The maximum absolute atomic E-state index is 12.8. The first kappa shape index (κ1) is 85.0. The van der Waals surface area contributed by atoms with Gasteiger partial charge >= 0.3 is 0 Å². The van der Waals surface area contributed by atoms with Crippen LogP contribution in [0.5, 0.6) is 0 Å². The molecule has 6 heterocycles. The van der Waals surface area contributed by atoms with Gasteiger partial charge in [0, 0.05) is 124 Å². The molecule has 5 aromatic heterocycles. The van der Waals surface area contributed by atoms with Crippen molar-refractivity contribution in [3.05, 3.63) is 289 Å². The summed E-state index contributed by atoms with van der Waals surface area (Å²) in [4.78, 5) is 99.6. The number of rotatable bonds is 17. The zero-order chi connectivity index (χ0) is 82.2. The Bertz CT molecular complexity index is 5820.